The van der Waals surface area contributed by atoms with Crippen molar-refractivity contribution in [3.8, 4) is 0 Å². The topological polar surface area (TPSA) is 144 Å². The molecule has 0 aromatic heterocycles. The van der Waals surface area contributed by atoms with Gasteiger partial charge in [0.1, 0.15) is 0 Å². The number of unbranched alkanes of at least 4 members (excludes halogenated alkanes) is 11. The molecule has 34 heavy (non-hydrogen) atoms. The Morgan fingerprint density at radius 1 is 0.882 bits per heavy atom. The van der Waals surface area contributed by atoms with Crippen LogP contribution in [0.3, 0.4) is 0 Å². The van der Waals surface area contributed by atoms with Crippen molar-refractivity contribution in [2.24, 2.45) is 16.6 Å². The summed E-state index contributed by atoms with van der Waals surface area (Å²) in [6.45, 7) is 12.0. The fourth-order valence-corrected chi connectivity index (χ4v) is 4.01. The standard InChI is InChI=1S/C24H50N6.2ClH.2H2O/c1-4-5-6-7-8-9-10-11-12-13-14-15-18-30(21-22(2)3)24(26)28-23(25)29-19-16-27-17-20-29;;;;/h22,27H,4-21H2,1-3H3,(H3,25,26,28);2*1H;2*1H2. The van der Waals surface area contributed by atoms with Crippen LogP contribution in [0.4, 0.5) is 0 Å². The second kappa shape index (κ2) is 26.8. The largest absolute Gasteiger partial charge is 0.412 e. The van der Waals surface area contributed by atoms with Gasteiger partial charge in [-0.3, -0.25) is 5.41 Å². The molecule has 0 spiro atoms. The van der Waals surface area contributed by atoms with Gasteiger partial charge in [-0.05, 0) is 12.3 Å². The van der Waals surface area contributed by atoms with E-state index >= 15 is 0 Å². The van der Waals surface area contributed by atoms with E-state index in [0.717, 1.165) is 45.7 Å². The molecule has 1 saturated heterocycles. The van der Waals surface area contributed by atoms with Gasteiger partial charge >= 0.3 is 0 Å². The molecule has 208 valence electrons. The fraction of sp³-hybridized carbons (Fsp3) is 0.917. The molecule has 0 saturated carbocycles. The lowest BCUT2D eigenvalue weighted by molar-refractivity contribution is 0.343. The van der Waals surface area contributed by atoms with E-state index < -0.39 is 0 Å². The highest BCUT2D eigenvalue weighted by atomic mass is 35.5. The van der Waals surface area contributed by atoms with Crippen molar-refractivity contribution in [1.82, 2.24) is 15.1 Å². The number of halogens is 2. The van der Waals surface area contributed by atoms with Crippen molar-refractivity contribution >= 4 is 36.7 Å². The van der Waals surface area contributed by atoms with Crippen molar-refractivity contribution in [3.05, 3.63) is 0 Å². The van der Waals surface area contributed by atoms with Gasteiger partial charge in [-0.15, -0.1) is 24.8 Å². The zero-order valence-electron chi connectivity index (χ0n) is 22.0. The van der Waals surface area contributed by atoms with Gasteiger partial charge in [0, 0.05) is 39.3 Å². The molecule has 1 aliphatic rings. The minimum Gasteiger partial charge on any atom is -0.412 e. The fourth-order valence-electron chi connectivity index (χ4n) is 4.01. The van der Waals surface area contributed by atoms with Crippen LogP contribution in [-0.4, -0.2) is 71.9 Å². The third kappa shape index (κ3) is 20.6. The zero-order valence-corrected chi connectivity index (χ0v) is 23.7. The Labute approximate surface area is 221 Å². The average Bonchev–Trinajstić information content (AvgIpc) is 2.74. The van der Waals surface area contributed by atoms with Crippen LogP contribution in [0.2, 0.25) is 0 Å². The minimum absolute atomic E-state index is 0. The van der Waals surface area contributed by atoms with Crippen LogP contribution in [0.5, 0.6) is 0 Å². The first-order chi connectivity index (χ1) is 14.5. The Morgan fingerprint density at radius 2 is 1.32 bits per heavy atom. The van der Waals surface area contributed by atoms with E-state index in [1.54, 1.807) is 0 Å². The lowest BCUT2D eigenvalue weighted by Gasteiger charge is -2.29. The minimum atomic E-state index is 0. The SMILES string of the molecule is CCCCCCCCCCCCCCN(CC(C)C)C(N)=NC(=N)N1CCNCC1.Cl.Cl.O.O. The molecule has 0 bridgehead atoms. The summed E-state index contributed by atoms with van der Waals surface area (Å²) < 4.78 is 0. The summed E-state index contributed by atoms with van der Waals surface area (Å²) in [5.41, 5.74) is 6.31. The third-order valence-corrected chi connectivity index (χ3v) is 5.83. The maximum Gasteiger partial charge on any atom is 0.221 e. The van der Waals surface area contributed by atoms with Crippen molar-refractivity contribution in [2.75, 3.05) is 39.3 Å². The first-order valence-electron chi connectivity index (χ1n) is 12.7. The molecule has 0 aromatic rings. The molecule has 1 fully saturated rings. The highest BCUT2D eigenvalue weighted by Crippen LogP contribution is 2.12. The quantitative estimate of drug-likeness (QED) is 0.167. The summed E-state index contributed by atoms with van der Waals surface area (Å²) in [7, 11) is 0. The highest BCUT2D eigenvalue weighted by Gasteiger charge is 2.15. The van der Waals surface area contributed by atoms with Crippen molar-refractivity contribution in [1.29, 1.82) is 5.41 Å². The van der Waals surface area contributed by atoms with Gasteiger partial charge in [-0.2, -0.15) is 4.99 Å². The van der Waals surface area contributed by atoms with Gasteiger partial charge in [-0.25, -0.2) is 0 Å². The number of nitrogens with two attached hydrogens (primary N) is 1. The van der Waals surface area contributed by atoms with Crippen LogP contribution in [-0.2, 0) is 0 Å². The molecule has 0 amide bonds. The van der Waals surface area contributed by atoms with Crippen LogP contribution >= 0.6 is 24.8 Å². The first kappa shape index (κ1) is 40.4. The van der Waals surface area contributed by atoms with Crippen molar-refractivity contribution in [2.45, 2.75) is 97.8 Å². The van der Waals surface area contributed by atoms with Crippen LogP contribution < -0.4 is 11.1 Å². The Balaban J connectivity index is -0.00000112. The van der Waals surface area contributed by atoms with Crippen molar-refractivity contribution in [3.63, 3.8) is 0 Å². The van der Waals surface area contributed by atoms with Crippen LogP contribution in [0.25, 0.3) is 0 Å². The maximum absolute atomic E-state index is 8.26. The molecule has 8 nitrogen and oxygen atoms in total. The Morgan fingerprint density at radius 3 is 1.76 bits per heavy atom. The molecule has 0 radical (unpaired) electrons. The van der Waals surface area contributed by atoms with E-state index in [4.69, 9.17) is 11.1 Å². The van der Waals surface area contributed by atoms with E-state index in [1.165, 1.54) is 70.6 Å². The molecular formula is C24H56Cl2N6O2. The number of rotatable bonds is 15. The monoisotopic (exact) mass is 530 g/mol. The molecule has 0 aliphatic carbocycles. The summed E-state index contributed by atoms with van der Waals surface area (Å²) in [5, 5.41) is 11.6. The summed E-state index contributed by atoms with van der Waals surface area (Å²) in [4.78, 5) is 8.61. The normalized spacial score (nSPS) is 13.3. The van der Waals surface area contributed by atoms with E-state index in [1.807, 2.05) is 4.90 Å². The lowest BCUT2D eigenvalue weighted by Crippen LogP contribution is -2.47. The smallest absolute Gasteiger partial charge is 0.221 e. The predicted molar refractivity (Wildman–Crippen MR) is 153 cm³/mol. The second-order valence-electron chi connectivity index (χ2n) is 9.26. The van der Waals surface area contributed by atoms with Crippen LogP contribution in [0.1, 0.15) is 97.8 Å². The number of piperazine rings is 1. The molecule has 10 heteroatoms. The summed E-state index contributed by atoms with van der Waals surface area (Å²) in [5.74, 6) is 1.34. The summed E-state index contributed by atoms with van der Waals surface area (Å²) in [6, 6.07) is 0. The molecule has 1 aliphatic heterocycles. The van der Waals surface area contributed by atoms with Crippen LogP contribution in [0, 0.1) is 11.3 Å². The molecule has 0 unspecified atom stereocenters. The molecular weight excluding hydrogens is 475 g/mol. The maximum atomic E-state index is 8.26. The van der Waals surface area contributed by atoms with E-state index in [9.17, 15) is 0 Å². The van der Waals surface area contributed by atoms with Crippen LogP contribution in [0.15, 0.2) is 4.99 Å². The molecule has 1 rings (SSSR count). The zero-order chi connectivity index (χ0) is 22.0. The number of guanidine groups is 2. The Hall–Kier alpha value is -0.800. The number of hydrogen-bond acceptors (Lipinski definition) is 2. The Bertz CT molecular complexity index is 478. The summed E-state index contributed by atoms with van der Waals surface area (Å²) >= 11 is 0. The predicted octanol–water partition coefficient (Wildman–Crippen LogP) is 3.99. The summed E-state index contributed by atoms with van der Waals surface area (Å²) in [6.07, 6.45) is 16.3. The highest BCUT2D eigenvalue weighted by molar-refractivity contribution is 5.92. The van der Waals surface area contributed by atoms with Gasteiger partial charge in [0.2, 0.25) is 5.96 Å². The average molecular weight is 532 g/mol. The number of nitrogens with zero attached hydrogens (tertiary/aromatic N) is 3. The first-order valence-corrected chi connectivity index (χ1v) is 12.7. The molecule has 8 N–H and O–H groups in total. The van der Waals surface area contributed by atoms with Gasteiger partial charge in [-0.1, -0.05) is 91.4 Å². The third-order valence-electron chi connectivity index (χ3n) is 5.83. The van der Waals surface area contributed by atoms with Gasteiger partial charge < -0.3 is 31.8 Å². The van der Waals surface area contributed by atoms with E-state index in [0.29, 0.717) is 17.8 Å². The van der Waals surface area contributed by atoms with E-state index in [2.05, 4.69) is 36.0 Å². The lowest BCUT2D eigenvalue weighted by atomic mass is 10.1. The second-order valence-corrected chi connectivity index (χ2v) is 9.26. The number of nitrogens with one attached hydrogen (secondary N) is 2. The number of aliphatic imine (C=N–C) groups is 1. The van der Waals surface area contributed by atoms with Gasteiger partial charge in [0.05, 0.1) is 0 Å². The molecule has 1 heterocycles. The molecule has 0 atom stereocenters. The van der Waals surface area contributed by atoms with Gasteiger partial charge in [0.25, 0.3) is 0 Å². The number of hydrogen-bond donors (Lipinski definition) is 3. The van der Waals surface area contributed by atoms with Crippen molar-refractivity contribution < 1.29 is 11.0 Å². The van der Waals surface area contributed by atoms with E-state index in [-0.39, 0.29) is 35.8 Å². The van der Waals surface area contributed by atoms with Gasteiger partial charge in [0.15, 0.2) is 5.96 Å². The molecule has 0 aromatic carbocycles. The Kier molecular flexibility index (Phi) is 31.8.